The first-order valence-electron chi connectivity index (χ1n) is 6.29. The minimum Gasteiger partial charge on any atom is -0.272 e. The summed E-state index contributed by atoms with van der Waals surface area (Å²) in [5.41, 5.74) is 5.20. The molecule has 4 nitrogen and oxygen atoms in total. The number of amides is 2. The van der Waals surface area contributed by atoms with Gasteiger partial charge >= 0.3 is 0 Å². The summed E-state index contributed by atoms with van der Waals surface area (Å²) in [4.78, 5) is 24.5. The molecular weight excluding hydrogens is 388 g/mol. The lowest BCUT2D eigenvalue weighted by atomic mass is 10.2. The van der Waals surface area contributed by atoms with Crippen molar-refractivity contribution in [3.05, 3.63) is 63.6 Å². The maximum Gasteiger partial charge on any atom is 0.270 e. The number of carbonyl (C=O) groups is 2. The van der Waals surface area contributed by atoms with Gasteiger partial charge in [0.15, 0.2) is 0 Å². The van der Waals surface area contributed by atoms with Crippen LogP contribution in [0, 0.1) is 0 Å². The average Bonchev–Trinajstić information content (AvgIpc) is 2.52. The molecule has 0 spiro atoms. The van der Waals surface area contributed by atoms with E-state index in [2.05, 4.69) is 26.8 Å². The molecule has 0 aromatic heterocycles. The fourth-order valence-corrected chi connectivity index (χ4v) is 3.08. The summed E-state index contributed by atoms with van der Waals surface area (Å²) < 4.78 is 0.659. The quantitative estimate of drug-likeness (QED) is 0.609. The zero-order valence-corrected chi connectivity index (χ0v) is 14.5. The van der Waals surface area contributed by atoms with E-state index in [1.54, 1.807) is 30.3 Å². The largest absolute Gasteiger partial charge is 0.272 e. The highest BCUT2D eigenvalue weighted by Gasteiger charge is 2.10. The summed E-state index contributed by atoms with van der Waals surface area (Å²) in [5.74, 6) is -0.547. The molecule has 0 heterocycles. The summed E-state index contributed by atoms with van der Waals surface area (Å²) in [5, 5.41) is 0.595. The van der Waals surface area contributed by atoms with Crippen molar-refractivity contribution in [3.63, 3.8) is 0 Å². The Balaban J connectivity index is 1.82. The van der Waals surface area contributed by atoms with Crippen LogP contribution in [0.4, 0.5) is 0 Å². The third-order valence-corrected chi connectivity index (χ3v) is 4.84. The molecule has 0 fully saturated rings. The van der Waals surface area contributed by atoms with Crippen LogP contribution < -0.4 is 10.9 Å². The number of thioether (sulfide) groups is 1. The number of hydrogen-bond acceptors (Lipinski definition) is 3. The maximum atomic E-state index is 11.9. The number of halogens is 2. The third-order valence-electron chi connectivity index (χ3n) is 2.63. The molecule has 2 rings (SSSR count). The SMILES string of the molecule is O=C(CSc1ccccc1Cl)NNC(=O)c1ccccc1Br. The number of hydrazine groups is 1. The van der Waals surface area contributed by atoms with E-state index in [1.807, 2.05) is 18.2 Å². The van der Waals surface area contributed by atoms with E-state index in [0.29, 0.717) is 15.1 Å². The van der Waals surface area contributed by atoms with Crippen LogP contribution >= 0.6 is 39.3 Å². The molecule has 0 saturated carbocycles. The highest BCUT2D eigenvalue weighted by Crippen LogP contribution is 2.26. The Morgan fingerprint density at radius 3 is 2.45 bits per heavy atom. The van der Waals surface area contributed by atoms with Gasteiger partial charge in [0.25, 0.3) is 5.91 Å². The Labute approximate surface area is 145 Å². The highest BCUT2D eigenvalue weighted by atomic mass is 79.9. The first kappa shape index (κ1) is 16.9. The van der Waals surface area contributed by atoms with E-state index in [0.717, 1.165) is 4.90 Å². The molecule has 2 aromatic rings. The minimum absolute atomic E-state index is 0.153. The van der Waals surface area contributed by atoms with E-state index in [-0.39, 0.29) is 17.6 Å². The van der Waals surface area contributed by atoms with Crippen LogP contribution in [0.2, 0.25) is 5.02 Å². The zero-order valence-electron chi connectivity index (χ0n) is 11.3. The van der Waals surface area contributed by atoms with Crippen LogP contribution in [0.1, 0.15) is 10.4 Å². The lowest BCUT2D eigenvalue weighted by Gasteiger charge is -2.08. The van der Waals surface area contributed by atoms with E-state index < -0.39 is 0 Å². The molecule has 0 atom stereocenters. The number of benzene rings is 2. The van der Waals surface area contributed by atoms with Crippen molar-refractivity contribution in [2.75, 3.05) is 5.75 Å². The van der Waals surface area contributed by atoms with Crippen molar-refractivity contribution in [3.8, 4) is 0 Å². The summed E-state index contributed by atoms with van der Waals surface area (Å²) >= 11 is 10.6. The molecule has 0 aliphatic carbocycles. The molecule has 7 heteroatoms. The molecule has 0 bridgehead atoms. The Morgan fingerprint density at radius 2 is 1.73 bits per heavy atom. The van der Waals surface area contributed by atoms with Crippen molar-refractivity contribution >= 4 is 51.1 Å². The van der Waals surface area contributed by atoms with Gasteiger partial charge in [-0.05, 0) is 40.2 Å². The summed E-state index contributed by atoms with van der Waals surface area (Å²) in [6.45, 7) is 0. The molecule has 0 aliphatic rings. The fraction of sp³-hybridized carbons (Fsp3) is 0.0667. The molecular formula is C15H12BrClN2O2S. The predicted molar refractivity (Wildman–Crippen MR) is 91.9 cm³/mol. The van der Waals surface area contributed by atoms with Gasteiger partial charge in [-0.3, -0.25) is 20.4 Å². The minimum atomic E-state index is -0.386. The van der Waals surface area contributed by atoms with Gasteiger partial charge in [0, 0.05) is 9.37 Å². The average molecular weight is 400 g/mol. The Morgan fingerprint density at radius 1 is 1.05 bits per heavy atom. The monoisotopic (exact) mass is 398 g/mol. The van der Waals surface area contributed by atoms with Crippen LogP contribution in [0.15, 0.2) is 57.9 Å². The fourth-order valence-electron chi connectivity index (χ4n) is 1.58. The molecule has 22 heavy (non-hydrogen) atoms. The van der Waals surface area contributed by atoms with Crippen molar-refractivity contribution in [1.29, 1.82) is 0 Å². The molecule has 0 aliphatic heterocycles. The van der Waals surface area contributed by atoms with E-state index in [9.17, 15) is 9.59 Å². The molecule has 2 amide bonds. The normalized spacial score (nSPS) is 10.1. The van der Waals surface area contributed by atoms with Crippen molar-refractivity contribution in [2.24, 2.45) is 0 Å². The van der Waals surface area contributed by atoms with Gasteiger partial charge in [-0.1, -0.05) is 35.9 Å². The number of hydrogen-bond donors (Lipinski definition) is 2. The van der Waals surface area contributed by atoms with Crippen LogP contribution in [0.25, 0.3) is 0 Å². The second-order valence-electron chi connectivity index (χ2n) is 4.20. The van der Waals surface area contributed by atoms with E-state index in [1.165, 1.54) is 11.8 Å². The van der Waals surface area contributed by atoms with Gasteiger partial charge in [0.1, 0.15) is 0 Å². The molecule has 2 N–H and O–H groups in total. The first-order valence-corrected chi connectivity index (χ1v) is 8.44. The van der Waals surface area contributed by atoms with Crippen LogP contribution in [0.5, 0.6) is 0 Å². The first-order chi connectivity index (χ1) is 10.6. The summed E-state index contributed by atoms with van der Waals surface area (Å²) in [6.07, 6.45) is 0. The molecule has 0 saturated heterocycles. The second kappa shape index (κ2) is 8.22. The predicted octanol–water partition coefficient (Wildman–Crippen LogP) is 3.66. The van der Waals surface area contributed by atoms with Gasteiger partial charge in [-0.2, -0.15) is 0 Å². The lowest BCUT2D eigenvalue weighted by molar-refractivity contribution is -0.119. The molecule has 0 unspecified atom stereocenters. The second-order valence-corrected chi connectivity index (χ2v) is 6.48. The standard InChI is InChI=1S/C15H12BrClN2O2S/c16-11-6-2-1-5-10(11)15(21)19-18-14(20)9-22-13-8-4-3-7-12(13)17/h1-8H,9H2,(H,18,20)(H,19,21). The van der Waals surface area contributed by atoms with E-state index in [4.69, 9.17) is 11.6 Å². The van der Waals surface area contributed by atoms with Crippen molar-refractivity contribution in [1.82, 2.24) is 10.9 Å². The maximum absolute atomic E-state index is 11.9. The van der Waals surface area contributed by atoms with Crippen LogP contribution in [0.3, 0.4) is 0 Å². The molecule has 114 valence electrons. The van der Waals surface area contributed by atoms with Crippen LogP contribution in [-0.2, 0) is 4.79 Å². The van der Waals surface area contributed by atoms with Gasteiger partial charge in [-0.25, -0.2) is 0 Å². The zero-order chi connectivity index (χ0) is 15.9. The number of nitrogens with one attached hydrogen (secondary N) is 2. The third kappa shape index (κ3) is 4.76. The topological polar surface area (TPSA) is 58.2 Å². The van der Waals surface area contributed by atoms with Gasteiger partial charge in [0.2, 0.25) is 5.91 Å². The van der Waals surface area contributed by atoms with Crippen LogP contribution in [-0.4, -0.2) is 17.6 Å². The highest BCUT2D eigenvalue weighted by molar-refractivity contribution is 9.10. The van der Waals surface area contributed by atoms with Gasteiger partial charge in [-0.15, -0.1) is 11.8 Å². The van der Waals surface area contributed by atoms with Crippen molar-refractivity contribution in [2.45, 2.75) is 4.90 Å². The van der Waals surface area contributed by atoms with Crippen molar-refractivity contribution < 1.29 is 9.59 Å². The number of rotatable bonds is 4. The number of carbonyl (C=O) groups excluding carboxylic acids is 2. The van der Waals surface area contributed by atoms with Gasteiger partial charge in [0.05, 0.1) is 16.3 Å². The summed E-state index contributed by atoms with van der Waals surface area (Å²) in [7, 11) is 0. The smallest absolute Gasteiger partial charge is 0.270 e. The Kier molecular flexibility index (Phi) is 6.30. The molecule has 0 radical (unpaired) electrons. The van der Waals surface area contributed by atoms with E-state index >= 15 is 0 Å². The van der Waals surface area contributed by atoms with Gasteiger partial charge < -0.3 is 0 Å². The Hall–Kier alpha value is -1.50. The Bertz CT molecular complexity index is 697. The summed E-state index contributed by atoms with van der Waals surface area (Å²) in [6, 6.07) is 14.2. The molecule has 2 aromatic carbocycles. The lowest BCUT2D eigenvalue weighted by Crippen LogP contribution is -2.42.